The van der Waals surface area contributed by atoms with Gasteiger partial charge in [0.1, 0.15) is 0 Å². The smallest absolute Gasteiger partial charge is 0.239 e. The van der Waals surface area contributed by atoms with Gasteiger partial charge >= 0.3 is 0 Å². The maximum absolute atomic E-state index is 11.8. The van der Waals surface area contributed by atoms with Gasteiger partial charge in [-0.25, -0.2) is 0 Å². The van der Waals surface area contributed by atoms with Gasteiger partial charge in [-0.05, 0) is 36.5 Å². The van der Waals surface area contributed by atoms with Crippen LogP contribution in [-0.4, -0.2) is 30.9 Å². The van der Waals surface area contributed by atoms with E-state index in [1.54, 1.807) is 0 Å². The molecule has 1 fully saturated rings. The van der Waals surface area contributed by atoms with Gasteiger partial charge in [-0.3, -0.25) is 9.59 Å². The van der Waals surface area contributed by atoms with Crippen molar-refractivity contribution in [1.82, 2.24) is 10.6 Å². The van der Waals surface area contributed by atoms with Crippen LogP contribution in [-0.2, 0) is 9.59 Å². The van der Waals surface area contributed by atoms with Crippen molar-refractivity contribution in [3.05, 3.63) is 0 Å². The summed E-state index contributed by atoms with van der Waals surface area (Å²) in [4.78, 5) is 23.5. The van der Waals surface area contributed by atoms with Crippen molar-refractivity contribution in [3.63, 3.8) is 0 Å². The summed E-state index contributed by atoms with van der Waals surface area (Å²) in [6.45, 7) is 8.94. The fraction of sp³-hybridized carbons (Fsp3) is 0.875. The van der Waals surface area contributed by atoms with Crippen molar-refractivity contribution in [2.45, 2.75) is 59.4 Å². The van der Waals surface area contributed by atoms with Gasteiger partial charge in [-0.1, -0.05) is 34.1 Å². The third-order valence-electron chi connectivity index (χ3n) is 4.36. The third-order valence-corrected chi connectivity index (χ3v) is 4.36. The molecule has 0 spiro atoms. The molecule has 0 radical (unpaired) electrons. The molecule has 0 aliphatic heterocycles. The van der Waals surface area contributed by atoms with E-state index in [2.05, 4.69) is 24.5 Å². The van der Waals surface area contributed by atoms with Crippen molar-refractivity contribution < 1.29 is 9.59 Å². The largest absolute Gasteiger partial charge is 0.354 e. The molecule has 0 saturated heterocycles. The first-order valence-electron chi connectivity index (χ1n) is 8.06. The molecule has 0 aromatic rings. The molecule has 0 unspecified atom stereocenters. The lowest BCUT2D eigenvalue weighted by atomic mass is 9.64. The quantitative estimate of drug-likeness (QED) is 0.633. The predicted molar refractivity (Wildman–Crippen MR) is 91.8 cm³/mol. The van der Waals surface area contributed by atoms with Crippen LogP contribution in [0.2, 0.25) is 0 Å². The highest BCUT2D eigenvalue weighted by Crippen LogP contribution is 2.45. The van der Waals surface area contributed by atoms with Crippen molar-refractivity contribution in [2.75, 3.05) is 13.1 Å². The number of carbonyl (C=O) groups excluding carboxylic acids is 2. The van der Waals surface area contributed by atoms with E-state index >= 15 is 0 Å². The van der Waals surface area contributed by atoms with E-state index in [1.165, 1.54) is 19.3 Å². The van der Waals surface area contributed by atoms with E-state index < -0.39 is 6.04 Å². The number of hydrogen-bond acceptors (Lipinski definition) is 3. The molecular weight excluding hydrogens is 302 g/mol. The van der Waals surface area contributed by atoms with Gasteiger partial charge in [0, 0.05) is 6.54 Å². The van der Waals surface area contributed by atoms with Crippen molar-refractivity contribution in [1.29, 1.82) is 0 Å². The molecule has 1 aliphatic carbocycles. The highest BCUT2D eigenvalue weighted by molar-refractivity contribution is 5.87. The number of amides is 2. The molecule has 2 amide bonds. The summed E-state index contributed by atoms with van der Waals surface area (Å²) in [7, 11) is 0. The predicted octanol–water partition coefficient (Wildman–Crippen LogP) is 1.84. The molecule has 0 aromatic carbocycles. The van der Waals surface area contributed by atoms with Gasteiger partial charge in [0.15, 0.2) is 0 Å². The molecule has 4 N–H and O–H groups in total. The van der Waals surface area contributed by atoms with Gasteiger partial charge < -0.3 is 16.4 Å². The second kappa shape index (κ2) is 9.36. The maximum atomic E-state index is 11.8. The topological polar surface area (TPSA) is 84.2 Å². The Morgan fingerprint density at radius 2 is 1.73 bits per heavy atom. The minimum Gasteiger partial charge on any atom is -0.354 e. The average molecular weight is 334 g/mol. The molecular formula is C16H32ClN3O2. The Hall–Kier alpha value is -0.810. The Morgan fingerprint density at radius 3 is 2.14 bits per heavy atom. The van der Waals surface area contributed by atoms with Crippen molar-refractivity contribution in [2.24, 2.45) is 23.0 Å². The summed E-state index contributed by atoms with van der Waals surface area (Å²) in [6.07, 6.45) is 4.78. The summed E-state index contributed by atoms with van der Waals surface area (Å²) in [5.41, 5.74) is 6.01. The van der Waals surface area contributed by atoms with Gasteiger partial charge in [-0.2, -0.15) is 0 Å². The van der Waals surface area contributed by atoms with E-state index in [0.29, 0.717) is 5.92 Å². The number of nitrogens with one attached hydrogen (secondary N) is 2. The molecule has 1 atom stereocenters. The monoisotopic (exact) mass is 333 g/mol. The van der Waals surface area contributed by atoms with Crippen LogP contribution in [0.15, 0.2) is 0 Å². The van der Waals surface area contributed by atoms with Gasteiger partial charge in [0.25, 0.3) is 0 Å². The van der Waals surface area contributed by atoms with Gasteiger partial charge in [-0.15, -0.1) is 12.4 Å². The summed E-state index contributed by atoms with van der Waals surface area (Å²) in [5, 5.41) is 5.56. The van der Waals surface area contributed by atoms with E-state index in [4.69, 9.17) is 5.73 Å². The molecule has 0 bridgehead atoms. The van der Waals surface area contributed by atoms with E-state index in [1.807, 2.05) is 13.8 Å². The van der Waals surface area contributed by atoms with Crippen LogP contribution >= 0.6 is 12.4 Å². The van der Waals surface area contributed by atoms with E-state index in [-0.39, 0.29) is 42.1 Å². The molecule has 0 heterocycles. The zero-order chi connectivity index (χ0) is 16.0. The minimum atomic E-state index is -0.559. The molecule has 1 rings (SSSR count). The fourth-order valence-corrected chi connectivity index (χ4v) is 2.93. The summed E-state index contributed by atoms with van der Waals surface area (Å²) in [6, 6.07) is -0.559. The van der Waals surface area contributed by atoms with Crippen molar-refractivity contribution in [3.8, 4) is 0 Å². The first-order chi connectivity index (χ1) is 9.76. The number of carbonyl (C=O) groups is 2. The third kappa shape index (κ3) is 6.53. The Kier molecular flexibility index (Phi) is 9.01. The van der Waals surface area contributed by atoms with Crippen LogP contribution < -0.4 is 16.4 Å². The normalized spacial score (nSPS) is 17.4. The highest BCUT2D eigenvalue weighted by Gasteiger charge is 2.37. The minimum absolute atomic E-state index is 0. The number of nitrogens with two attached hydrogens (primary N) is 1. The summed E-state index contributed by atoms with van der Waals surface area (Å²) >= 11 is 0. The SMILES string of the molecule is CC(C)CC1(CNC(=O)CNC(=O)[C@@H](N)C(C)C)CCC1.Cl. The summed E-state index contributed by atoms with van der Waals surface area (Å²) < 4.78 is 0. The van der Waals surface area contributed by atoms with Gasteiger partial charge in [0.2, 0.25) is 11.8 Å². The lowest BCUT2D eigenvalue weighted by Crippen LogP contribution is -2.49. The average Bonchev–Trinajstić information content (AvgIpc) is 2.37. The number of rotatable bonds is 8. The lowest BCUT2D eigenvalue weighted by Gasteiger charge is -2.43. The molecule has 0 aromatic heterocycles. The zero-order valence-electron chi connectivity index (χ0n) is 14.3. The number of halogens is 1. The van der Waals surface area contributed by atoms with Crippen LogP contribution in [0.1, 0.15) is 53.4 Å². The van der Waals surface area contributed by atoms with Crippen LogP contribution in [0, 0.1) is 17.3 Å². The van der Waals surface area contributed by atoms with E-state index in [0.717, 1.165) is 13.0 Å². The van der Waals surface area contributed by atoms with Crippen molar-refractivity contribution >= 4 is 24.2 Å². The molecule has 5 nitrogen and oxygen atoms in total. The Labute approximate surface area is 140 Å². The van der Waals surface area contributed by atoms with Crippen LogP contribution in [0.4, 0.5) is 0 Å². The highest BCUT2D eigenvalue weighted by atomic mass is 35.5. The van der Waals surface area contributed by atoms with Crippen LogP contribution in [0.3, 0.4) is 0 Å². The standard InChI is InChI=1S/C16H31N3O2.ClH/c1-11(2)8-16(6-5-7-16)10-19-13(20)9-18-15(21)14(17)12(3)4;/h11-12,14H,5-10,17H2,1-4H3,(H,18,21)(H,19,20);1H/t14-;/m0./s1. The zero-order valence-corrected chi connectivity index (χ0v) is 15.1. The fourth-order valence-electron chi connectivity index (χ4n) is 2.93. The second-order valence-corrected chi connectivity index (χ2v) is 7.22. The van der Waals surface area contributed by atoms with E-state index in [9.17, 15) is 9.59 Å². The second-order valence-electron chi connectivity index (χ2n) is 7.22. The maximum Gasteiger partial charge on any atom is 0.239 e. The lowest BCUT2D eigenvalue weighted by molar-refractivity contribution is -0.127. The van der Waals surface area contributed by atoms with Gasteiger partial charge in [0.05, 0.1) is 12.6 Å². The molecule has 1 aliphatic rings. The first-order valence-corrected chi connectivity index (χ1v) is 8.06. The van der Waals surface area contributed by atoms with Crippen LogP contribution in [0.5, 0.6) is 0 Å². The molecule has 22 heavy (non-hydrogen) atoms. The molecule has 1 saturated carbocycles. The Balaban J connectivity index is 0.00000441. The molecule has 6 heteroatoms. The molecule has 130 valence electrons. The van der Waals surface area contributed by atoms with Crippen LogP contribution in [0.25, 0.3) is 0 Å². The Morgan fingerprint density at radius 1 is 1.14 bits per heavy atom. The summed E-state index contributed by atoms with van der Waals surface area (Å²) in [5.74, 6) is 0.318. The first kappa shape index (κ1) is 21.2. The number of hydrogen-bond donors (Lipinski definition) is 3. The Bertz CT molecular complexity index is 368.